The van der Waals surface area contributed by atoms with Crippen molar-refractivity contribution < 1.29 is 9.53 Å². The molecular formula is C26H28N2O2. The van der Waals surface area contributed by atoms with Gasteiger partial charge >= 0.3 is 5.97 Å². The minimum Gasteiger partial charge on any atom is -0.462 e. The van der Waals surface area contributed by atoms with E-state index in [9.17, 15) is 4.79 Å². The van der Waals surface area contributed by atoms with E-state index in [4.69, 9.17) is 4.74 Å². The van der Waals surface area contributed by atoms with Crippen LogP contribution in [0.1, 0.15) is 53.0 Å². The molecule has 0 N–H and O–H groups in total. The fraction of sp³-hybridized carbons (Fsp3) is 0.346. The van der Waals surface area contributed by atoms with Crippen LogP contribution in [0.15, 0.2) is 60.7 Å². The maximum atomic E-state index is 13.1. The number of aromatic nitrogens is 1. The predicted octanol–water partition coefficient (Wildman–Crippen LogP) is 5.23. The first-order chi connectivity index (χ1) is 14.8. The van der Waals surface area contributed by atoms with Gasteiger partial charge in [-0.1, -0.05) is 60.7 Å². The molecule has 0 amide bonds. The quantitative estimate of drug-likeness (QED) is 0.551. The highest BCUT2D eigenvalue weighted by atomic mass is 16.5. The third-order valence-corrected chi connectivity index (χ3v) is 6.44. The summed E-state index contributed by atoms with van der Waals surface area (Å²) >= 11 is 0. The van der Waals surface area contributed by atoms with Crippen molar-refractivity contribution in [3.8, 4) is 11.3 Å². The molecule has 1 aromatic heterocycles. The van der Waals surface area contributed by atoms with Crippen LogP contribution < -0.4 is 0 Å². The Bertz CT molecular complexity index is 1040. The lowest BCUT2D eigenvalue weighted by Crippen LogP contribution is -2.39. The van der Waals surface area contributed by atoms with E-state index in [0.29, 0.717) is 12.6 Å². The molecule has 1 aliphatic heterocycles. The van der Waals surface area contributed by atoms with Gasteiger partial charge in [-0.3, -0.25) is 4.90 Å². The summed E-state index contributed by atoms with van der Waals surface area (Å²) in [6.07, 6.45) is 3.19. The van der Waals surface area contributed by atoms with Gasteiger partial charge in [0.1, 0.15) is 0 Å². The molecule has 3 aromatic rings. The second-order valence-electron chi connectivity index (χ2n) is 8.19. The van der Waals surface area contributed by atoms with Gasteiger partial charge in [-0.05, 0) is 42.9 Å². The lowest BCUT2D eigenvalue weighted by molar-refractivity contribution is 0.0526. The average molecular weight is 401 g/mol. The zero-order chi connectivity index (χ0) is 20.5. The van der Waals surface area contributed by atoms with E-state index in [1.165, 1.54) is 16.8 Å². The third kappa shape index (κ3) is 3.25. The minimum absolute atomic E-state index is 0.177. The molecular weight excluding hydrogens is 372 g/mol. The number of carbonyl (C=O) groups is 1. The molecule has 1 aliphatic carbocycles. The van der Waals surface area contributed by atoms with Crippen LogP contribution in [0.4, 0.5) is 0 Å². The maximum Gasteiger partial charge on any atom is 0.340 e. The van der Waals surface area contributed by atoms with Gasteiger partial charge in [0, 0.05) is 25.3 Å². The van der Waals surface area contributed by atoms with E-state index in [1.54, 1.807) is 0 Å². The van der Waals surface area contributed by atoms with Crippen LogP contribution in [-0.4, -0.2) is 28.6 Å². The van der Waals surface area contributed by atoms with Crippen molar-refractivity contribution in [2.75, 3.05) is 13.2 Å². The number of benzene rings is 2. The molecule has 30 heavy (non-hydrogen) atoms. The smallest absolute Gasteiger partial charge is 0.340 e. The molecule has 0 saturated heterocycles. The van der Waals surface area contributed by atoms with Crippen LogP contribution in [0.3, 0.4) is 0 Å². The summed E-state index contributed by atoms with van der Waals surface area (Å²) in [6.45, 7) is 5.12. The molecule has 2 aromatic carbocycles. The lowest BCUT2D eigenvalue weighted by atomic mass is 9.88. The fourth-order valence-corrected chi connectivity index (χ4v) is 5.23. The average Bonchev–Trinajstić information content (AvgIpc) is 3.13. The monoisotopic (exact) mass is 400 g/mol. The topological polar surface area (TPSA) is 34.5 Å². The van der Waals surface area contributed by atoms with E-state index >= 15 is 0 Å². The second-order valence-corrected chi connectivity index (χ2v) is 8.19. The molecule has 0 spiro atoms. The van der Waals surface area contributed by atoms with E-state index in [-0.39, 0.29) is 5.97 Å². The molecule has 2 aliphatic rings. The number of hydrogen-bond donors (Lipinski definition) is 0. The Balaban J connectivity index is 1.62. The van der Waals surface area contributed by atoms with E-state index in [0.717, 1.165) is 55.7 Å². The number of nitrogens with zero attached hydrogens (tertiary/aromatic N) is 2. The summed E-state index contributed by atoms with van der Waals surface area (Å²) in [7, 11) is 0. The largest absolute Gasteiger partial charge is 0.462 e. The minimum atomic E-state index is -0.177. The molecule has 4 heteroatoms. The summed E-state index contributed by atoms with van der Waals surface area (Å²) in [5, 5.41) is 0. The third-order valence-electron chi connectivity index (χ3n) is 6.44. The molecule has 0 radical (unpaired) electrons. The molecule has 2 heterocycles. The summed E-state index contributed by atoms with van der Waals surface area (Å²) in [4.78, 5) is 15.7. The molecule has 4 nitrogen and oxygen atoms in total. The molecule has 0 unspecified atom stereocenters. The van der Waals surface area contributed by atoms with E-state index < -0.39 is 0 Å². The van der Waals surface area contributed by atoms with Gasteiger partial charge in [-0.25, -0.2) is 4.79 Å². The second kappa shape index (κ2) is 8.11. The zero-order valence-corrected chi connectivity index (χ0v) is 17.5. The summed E-state index contributed by atoms with van der Waals surface area (Å²) in [5.74, 6) is -0.177. The van der Waals surface area contributed by atoms with Crippen molar-refractivity contribution in [3.05, 3.63) is 83.0 Å². The van der Waals surface area contributed by atoms with Crippen LogP contribution in [0, 0.1) is 0 Å². The Hall–Kier alpha value is -2.85. The molecule has 5 rings (SSSR count). The summed E-state index contributed by atoms with van der Waals surface area (Å²) in [6, 6.07) is 21.4. The molecule has 0 saturated carbocycles. The molecule has 0 bridgehead atoms. The van der Waals surface area contributed by atoms with Gasteiger partial charge < -0.3 is 9.30 Å². The van der Waals surface area contributed by atoms with Gasteiger partial charge in [0.15, 0.2) is 0 Å². The summed E-state index contributed by atoms with van der Waals surface area (Å²) < 4.78 is 7.95. The number of carbonyl (C=O) groups excluding carboxylic acids is 1. The van der Waals surface area contributed by atoms with Crippen LogP contribution >= 0.6 is 0 Å². The van der Waals surface area contributed by atoms with Crippen molar-refractivity contribution >= 4 is 5.97 Å². The first kappa shape index (κ1) is 19.1. The van der Waals surface area contributed by atoms with Crippen molar-refractivity contribution in [2.24, 2.45) is 0 Å². The van der Waals surface area contributed by atoms with Gasteiger partial charge in [-0.2, -0.15) is 0 Å². The number of esters is 1. The highest BCUT2D eigenvalue weighted by Gasteiger charge is 2.39. The van der Waals surface area contributed by atoms with Crippen molar-refractivity contribution in [2.45, 2.75) is 45.3 Å². The Labute approximate surface area is 178 Å². The number of rotatable bonds is 5. The van der Waals surface area contributed by atoms with E-state index in [1.807, 2.05) is 25.1 Å². The lowest BCUT2D eigenvalue weighted by Gasteiger charge is -2.40. The maximum absolute atomic E-state index is 13.1. The van der Waals surface area contributed by atoms with E-state index in [2.05, 4.69) is 51.9 Å². The van der Waals surface area contributed by atoms with Crippen LogP contribution in [0.5, 0.6) is 0 Å². The van der Waals surface area contributed by atoms with Gasteiger partial charge in [-0.15, -0.1) is 0 Å². The standard InChI is InChI=1S/C26H28N2O2/c1-2-30-26(29)23-21-14-9-15-22-25(21)28(24(23)20-12-7-4-8-13-20)17-16-27(22)18-19-10-5-3-6-11-19/h3-8,10-13,22H,2,9,14-18H2,1H3/t22-/m0/s1. The van der Waals surface area contributed by atoms with Crippen LogP contribution in [0.2, 0.25) is 0 Å². The van der Waals surface area contributed by atoms with Crippen molar-refractivity contribution in [3.63, 3.8) is 0 Å². The Kier molecular flexibility index (Phi) is 5.17. The van der Waals surface area contributed by atoms with Gasteiger partial charge in [0.2, 0.25) is 0 Å². The molecule has 1 atom stereocenters. The highest BCUT2D eigenvalue weighted by Crippen LogP contribution is 2.45. The van der Waals surface area contributed by atoms with Gasteiger partial charge in [0.25, 0.3) is 0 Å². The normalized spacial score (nSPS) is 18.1. The summed E-state index contributed by atoms with van der Waals surface area (Å²) in [5.41, 5.74) is 6.84. The molecule has 0 fully saturated rings. The Morgan fingerprint density at radius 3 is 2.50 bits per heavy atom. The zero-order valence-electron chi connectivity index (χ0n) is 17.5. The fourth-order valence-electron chi connectivity index (χ4n) is 5.23. The van der Waals surface area contributed by atoms with Crippen LogP contribution in [-0.2, 0) is 24.2 Å². The SMILES string of the molecule is CCOC(=O)c1c2c3n(c1-c1ccccc1)CCN(Cc1ccccc1)[C@H]3CCC2. The van der Waals surface area contributed by atoms with Gasteiger partial charge in [0.05, 0.1) is 23.9 Å². The predicted molar refractivity (Wildman–Crippen MR) is 118 cm³/mol. The first-order valence-electron chi connectivity index (χ1n) is 11.0. The highest BCUT2D eigenvalue weighted by molar-refractivity contribution is 5.99. The number of ether oxygens (including phenoxy) is 1. The van der Waals surface area contributed by atoms with Crippen molar-refractivity contribution in [1.82, 2.24) is 9.47 Å². The Morgan fingerprint density at radius 1 is 1.03 bits per heavy atom. The molecule has 154 valence electrons. The van der Waals surface area contributed by atoms with Crippen LogP contribution in [0.25, 0.3) is 11.3 Å². The number of hydrogen-bond acceptors (Lipinski definition) is 3. The Morgan fingerprint density at radius 2 is 1.77 bits per heavy atom. The van der Waals surface area contributed by atoms with Crippen molar-refractivity contribution in [1.29, 1.82) is 0 Å². The first-order valence-corrected chi connectivity index (χ1v) is 11.0.